The molecule has 0 saturated heterocycles. The summed E-state index contributed by atoms with van der Waals surface area (Å²) >= 11 is 0. The van der Waals surface area contributed by atoms with Crippen LogP contribution in [0.3, 0.4) is 0 Å². The summed E-state index contributed by atoms with van der Waals surface area (Å²) in [6.45, 7) is 4.02. The Balaban J connectivity index is 2.73. The second-order valence-corrected chi connectivity index (χ2v) is 5.69. The van der Waals surface area contributed by atoms with Gasteiger partial charge >= 0.3 is 0 Å². The summed E-state index contributed by atoms with van der Waals surface area (Å²) in [5.41, 5.74) is 3.55. The largest absolute Gasteiger partial charge is 0.382 e. The van der Waals surface area contributed by atoms with Crippen LogP contribution in [0.5, 0.6) is 0 Å². The second kappa shape index (κ2) is 8.24. The van der Waals surface area contributed by atoms with Gasteiger partial charge in [-0.3, -0.25) is 14.4 Å². The van der Waals surface area contributed by atoms with E-state index >= 15 is 0 Å². The van der Waals surface area contributed by atoms with Crippen LogP contribution in [-0.2, 0) is 14.4 Å². The van der Waals surface area contributed by atoms with Crippen molar-refractivity contribution in [2.75, 3.05) is 0 Å². The van der Waals surface area contributed by atoms with E-state index in [9.17, 15) is 19.5 Å². The van der Waals surface area contributed by atoms with Crippen LogP contribution in [0.25, 0.3) is 0 Å². The minimum absolute atomic E-state index is 0.0260. The number of aliphatic hydroxyl groups is 1. The van der Waals surface area contributed by atoms with E-state index in [0.717, 1.165) is 0 Å². The minimum atomic E-state index is -1.48. The Kier molecular flexibility index (Phi) is 6.65. The molecule has 0 bridgehead atoms. The lowest BCUT2D eigenvalue weighted by Crippen LogP contribution is -2.35. The number of primary amides is 1. The maximum atomic E-state index is 11.8. The Bertz CT molecular complexity index is 600. The number of nitrogens with one attached hydrogen (secondary N) is 1. The van der Waals surface area contributed by atoms with Crippen LogP contribution in [0.4, 0.5) is 0 Å². The lowest BCUT2D eigenvalue weighted by molar-refractivity contribution is -0.119. The maximum Gasteiger partial charge on any atom is 0.248 e. The van der Waals surface area contributed by atoms with Crippen LogP contribution < -0.4 is 11.1 Å². The third-order valence-corrected chi connectivity index (χ3v) is 3.07. The lowest BCUT2D eigenvalue weighted by Gasteiger charge is -2.24. The number of amides is 2. The summed E-state index contributed by atoms with van der Waals surface area (Å²) in [7, 11) is 0. The standard InChI is InChI=1S/C17H22N2O4/c1-12(2)5-3-4-6-16(22)19-13-11-17(23,9-7-14(13)20)10-8-15(18)21/h3-7,9,11-12,23H,8,10H2,1-2H3,(H2,18,21)(H,19,22)/b5-3+,6-4+/t17-/m1/s1. The molecule has 0 heterocycles. The number of carbonyl (C=O) groups excluding carboxylic acids is 3. The third-order valence-electron chi connectivity index (χ3n) is 3.07. The molecule has 1 atom stereocenters. The van der Waals surface area contributed by atoms with Crippen molar-refractivity contribution in [2.24, 2.45) is 11.7 Å². The summed E-state index contributed by atoms with van der Waals surface area (Å²) in [6.07, 6.45) is 10.2. The number of allylic oxidation sites excluding steroid dienone is 4. The SMILES string of the molecule is CC(C)/C=C/C=C/C(=O)NC1=C[C@](O)(CCC(N)=O)C=CC1=O. The Morgan fingerprint density at radius 1 is 1.39 bits per heavy atom. The van der Waals surface area contributed by atoms with Crippen molar-refractivity contribution in [1.82, 2.24) is 5.32 Å². The molecule has 0 fully saturated rings. The highest BCUT2D eigenvalue weighted by atomic mass is 16.3. The molecular formula is C17H22N2O4. The molecule has 0 spiro atoms. The lowest BCUT2D eigenvalue weighted by atomic mass is 9.90. The first kappa shape index (κ1) is 18.6. The van der Waals surface area contributed by atoms with Gasteiger partial charge in [-0.1, -0.05) is 32.1 Å². The predicted molar refractivity (Wildman–Crippen MR) is 86.9 cm³/mol. The van der Waals surface area contributed by atoms with Gasteiger partial charge in [0.25, 0.3) is 0 Å². The maximum absolute atomic E-state index is 11.8. The van der Waals surface area contributed by atoms with Crippen LogP contribution in [0, 0.1) is 5.92 Å². The molecule has 6 nitrogen and oxygen atoms in total. The second-order valence-electron chi connectivity index (χ2n) is 5.69. The fourth-order valence-corrected chi connectivity index (χ4v) is 1.86. The number of ketones is 1. The molecule has 0 unspecified atom stereocenters. The minimum Gasteiger partial charge on any atom is -0.382 e. The smallest absolute Gasteiger partial charge is 0.248 e. The van der Waals surface area contributed by atoms with Crippen LogP contribution in [0.1, 0.15) is 26.7 Å². The molecule has 1 aliphatic rings. The first-order chi connectivity index (χ1) is 10.7. The third kappa shape index (κ3) is 6.88. The van der Waals surface area contributed by atoms with Crippen molar-refractivity contribution in [3.8, 4) is 0 Å². The molecule has 0 aliphatic heterocycles. The topological polar surface area (TPSA) is 109 Å². The molecule has 2 amide bonds. The van der Waals surface area contributed by atoms with Gasteiger partial charge in [-0.25, -0.2) is 0 Å². The number of hydrogen-bond acceptors (Lipinski definition) is 4. The van der Waals surface area contributed by atoms with Crippen LogP contribution >= 0.6 is 0 Å². The highest BCUT2D eigenvalue weighted by Gasteiger charge is 2.28. The molecule has 1 aliphatic carbocycles. The van der Waals surface area contributed by atoms with E-state index < -0.39 is 23.2 Å². The highest BCUT2D eigenvalue weighted by molar-refractivity contribution is 6.08. The van der Waals surface area contributed by atoms with E-state index in [4.69, 9.17) is 5.73 Å². The average Bonchev–Trinajstić information content (AvgIpc) is 2.46. The quantitative estimate of drug-likeness (QED) is 0.478. The summed E-state index contributed by atoms with van der Waals surface area (Å²) in [5, 5.41) is 12.7. The van der Waals surface area contributed by atoms with E-state index in [-0.39, 0.29) is 18.5 Å². The Hall–Kier alpha value is -2.47. The van der Waals surface area contributed by atoms with Gasteiger partial charge in [-0.2, -0.15) is 0 Å². The molecule has 0 aromatic rings. The Morgan fingerprint density at radius 2 is 2.09 bits per heavy atom. The molecule has 0 aromatic carbocycles. The van der Waals surface area contributed by atoms with Gasteiger partial charge in [0, 0.05) is 12.5 Å². The molecule has 124 valence electrons. The normalized spacial score (nSPS) is 21.2. The fraction of sp³-hybridized carbons (Fsp3) is 0.353. The van der Waals surface area contributed by atoms with E-state index in [0.29, 0.717) is 5.92 Å². The summed E-state index contributed by atoms with van der Waals surface area (Å²) in [6, 6.07) is 0. The van der Waals surface area contributed by atoms with Gasteiger partial charge in [-0.05, 0) is 30.6 Å². The van der Waals surface area contributed by atoms with Crippen LogP contribution in [0.2, 0.25) is 0 Å². The van der Waals surface area contributed by atoms with Crippen LogP contribution in [-0.4, -0.2) is 28.3 Å². The van der Waals surface area contributed by atoms with Crippen molar-refractivity contribution < 1.29 is 19.5 Å². The van der Waals surface area contributed by atoms with Gasteiger partial charge in [-0.15, -0.1) is 0 Å². The molecule has 23 heavy (non-hydrogen) atoms. The van der Waals surface area contributed by atoms with Crippen molar-refractivity contribution in [1.29, 1.82) is 0 Å². The Labute approximate surface area is 135 Å². The predicted octanol–water partition coefficient (Wildman–Crippen LogP) is 0.890. The number of hydrogen-bond donors (Lipinski definition) is 3. The average molecular weight is 318 g/mol. The molecule has 1 rings (SSSR count). The number of rotatable bonds is 7. The fourth-order valence-electron chi connectivity index (χ4n) is 1.86. The monoisotopic (exact) mass is 318 g/mol. The Morgan fingerprint density at radius 3 is 2.70 bits per heavy atom. The van der Waals surface area contributed by atoms with Gasteiger partial charge in [0.1, 0.15) is 5.60 Å². The van der Waals surface area contributed by atoms with Gasteiger partial charge in [0.2, 0.25) is 17.6 Å². The van der Waals surface area contributed by atoms with Crippen molar-refractivity contribution in [2.45, 2.75) is 32.3 Å². The zero-order valence-electron chi connectivity index (χ0n) is 13.3. The van der Waals surface area contributed by atoms with E-state index in [1.165, 1.54) is 24.3 Å². The van der Waals surface area contributed by atoms with E-state index in [2.05, 4.69) is 5.32 Å². The van der Waals surface area contributed by atoms with Crippen molar-refractivity contribution >= 4 is 17.6 Å². The van der Waals surface area contributed by atoms with E-state index in [1.54, 1.807) is 12.2 Å². The van der Waals surface area contributed by atoms with Gasteiger partial charge < -0.3 is 16.2 Å². The first-order valence-corrected chi connectivity index (χ1v) is 7.35. The number of carbonyl (C=O) groups is 3. The zero-order chi connectivity index (χ0) is 17.5. The van der Waals surface area contributed by atoms with Crippen molar-refractivity contribution in [3.05, 3.63) is 48.2 Å². The van der Waals surface area contributed by atoms with Gasteiger partial charge in [0.15, 0.2) is 0 Å². The van der Waals surface area contributed by atoms with Crippen molar-refractivity contribution in [3.63, 3.8) is 0 Å². The molecular weight excluding hydrogens is 296 g/mol. The number of nitrogens with two attached hydrogens (primary N) is 1. The summed E-state index contributed by atoms with van der Waals surface area (Å²) in [5.74, 6) is -1.09. The molecule has 0 saturated carbocycles. The van der Waals surface area contributed by atoms with Gasteiger partial charge in [0.05, 0.1) is 5.70 Å². The van der Waals surface area contributed by atoms with E-state index in [1.807, 2.05) is 19.9 Å². The summed E-state index contributed by atoms with van der Waals surface area (Å²) < 4.78 is 0. The molecule has 4 N–H and O–H groups in total. The molecule has 0 aromatic heterocycles. The highest BCUT2D eigenvalue weighted by Crippen LogP contribution is 2.22. The summed E-state index contributed by atoms with van der Waals surface area (Å²) in [4.78, 5) is 34.4. The zero-order valence-corrected chi connectivity index (χ0v) is 13.3. The first-order valence-electron chi connectivity index (χ1n) is 7.35. The molecule has 0 radical (unpaired) electrons. The van der Waals surface area contributed by atoms with Crippen LogP contribution in [0.15, 0.2) is 48.2 Å². The molecule has 6 heteroatoms.